The van der Waals surface area contributed by atoms with E-state index in [0.29, 0.717) is 42.1 Å². The Bertz CT molecular complexity index is 1610. The standard InChI is InChI=1S/C29H24Cl2IN3O6/c1-4-40-24-12-17(11-23(32)26(24)41-14-25(36)33-18-6-8-21(30)22(31)13-18)10-20-27(37)34-29(39)35(28(20)38)19-7-5-15(2)16(3)9-19/h5-13H,4,14H2,1-3H3,(H,33,36)(H,34,37,39)/b20-10-. The summed E-state index contributed by atoms with van der Waals surface area (Å²) in [5.41, 5.74) is 2.93. The van der Waals surface area contributed by atoms with Gasteiger partial charge >= 0.3 is 6.03 Å². The Morgan fingerprint density at radius 3 is 2.44 bits per heavy atom. The molecule has 1 aliphatic heterocycles. The molecule has 1 heterocycles. The summed E-state index contributed by atoms with van der Waals surface area (Å²) in [6.45, 7) is 5.52. The van der Waals surface area contributed by atoms with E-state index in [-0.39, 0.29) is 18.8 Å². The van der Waals surface area contributed by atoms with Crippen LogP contribution in [0.5, 0.6) is 11.5 Å². The van der Waals surface area contributed by atoms with Crippen molar-refractivity contribution in [2.24, 2.45) is 0 Å². The van der Waals surface area contributed by atoms with Crippen molar-refractivity contribution in [2.45, 2.75) is 20.8 Å². The van der Waals surface area contributed by atoms with Crippen LogP contribution in [0.1, 0.15) is 23.6 Å². The molecule has 0 bridgehead atoms. The number of nitrogens with zero attached hydrogens (tertiary/aromatic N) is 1. The van der Waals surface area contributed by atoms with Gasteiger partial charge < -0.3 is 14.8 Å². The van der Waals surface area contributed by atoms with Crippen molar-refractivity contribution < 1.29 is 28.7 Å². The molecule has 3 aromatic carbocycles. The van der Waals surface area contributed by atoms with Crippen molar-refractivity contribution in [1.82, 2.24) is 5.32 Å². The van der Waals surface area contributed by atoms with E-state index in [2.05, 4.69) is 10.6 Å². The number of anilines is 2. The highest BCUT2D eigenvalue weighted by molar-refractivity contribution is 14.1. The summed E-state index contributed by atoms with van der Waals surface area (Å²) in [5, 5.41) is 5.57. The first-order valence-corrected chi connectivity index (χ1v) is 14.1. The molecule has 5 amide bonds. The number of aryl methyl sites for hydroxylation is 2. The molecule has 1 saturated heterocycles. The van der Waals surface area contributed by atoms with Gasteiger partial charge in [0.1, 0.15) is 5.57 Å². The predicted octanol–water partition coefficient (Wildman–Crippen LogP) is 6.30. The summed E-state index contributed by atoms with van der Waals surface area (Å²) in [6, 6.07) is 12.3. The summed E-state index contributed by atoms with van der Waals surface area (Å²) in [4.78, 5) is 52.0. The molecule has 0 saturated carbocycles. The Balaban J connectivity index is 1.58. The van der Waals surface area contributed by atoms with Gasteiger partial charge in [-0.05, 0) is 109 Å². The molecule has 41 heavy (non-hydrogen) atoms. The highest BCUT2D eigenvalue weighted by Crippen LogP contribution is 2.35. The predicted molar refractivity (Wildman–Crippen MR) is 166 cm³/mol. The van der Waals surface area contributed by atoms with Crippen molar-refractivity contribution in [3.05, 3.63) is 84.4 Å². The lowest BCUT2D eigenvalue weighted by Crippen LogP contribution is -2.54. The lowest BCUT2D eigenvalue weighted by atomic mass is 10.0. The monoisotopic (exact) mass is 707 g/mol. The van der Waals surface area contributed by atoms with Crippen LogP contribution in [-0.2, 0) is 14.4 Å². The van der Waals surface area contributed by atoms with E-state index in [1.54, 1.807) is 49.4 Å². The van der Waals surface area contributed by atoms with Crippen LogP contribution in [0.25, 0.3) is 6.08 Å². The fraction of sp³-hybridized carbons (Fsp3) is 0.172. The van der Waals surface area contributed by atoms with Gasteiger partial charge in [0.25, 0.3) is 17.7 Å². The summed E-state index contributed by atoms with van der Waals surface area (Å²) in [5.74, 6) is -1.39. The zero-order valence-corrected chi connectivity index (χ0v) is 25.8. The number of carbonyl (C=O) groups is 4. The van der Waals surface area contributed by atoms with E-state index < -0.39 is 23.8 Å². The number of barbiturate groups is 1. The Hall–Kier alpha value is -3.61. The third kappa shape index (κ3) is 7.00. The smallest absolute Gasteiger partial charge is 0.335 e. The third-order valence-corrected chi connectivity index (χ3v) is 7.58. The molecule has 9 nitrogen and oxygen atoms in total. The number of nitrogens with one attached hydrogen (secondary N) is 2. The van der Waals surface area contributed by atoms with E-state index in [4.69, 9.17) is 32.7 Å². The Labute approximate surface area is 259 Å². The number of urea groups is 1. The van der Waals surface area contributed by atoms with Gasteiger partial charge in [-0.3, -0.25) is 19.7 Å². The molecule has 12 heteroatoms. The quantitative estimate of drug-likeness (QED) is 0.162. The molecule has 3 aromatic rings. The Morgan fingerprint density at radius 1 is 1.00 bits per heavy atom. The number of imide groups is 2. The average molecular weight is 708 g/mol. The van der Waals surface area contributed by atoms with E-state index in [0.717, 1.165) is 16.0 Å². The molecule has 0 unspecified atom stereocenters. The van der Waals surface area contributed by atoms with Crippen LogP contribution < -0.4 is 25.0 Å². The minimum absolute atomic E-state index is 0.226. The van der Waals surface area contributed by atoms with Gasteiger partial charge in [-0.2, -0.15) is 0 Å². The number of ether oxygens (including phenoxy) is 2. The van der Waals surface area contributed by atoms with Gasteiger partial charge in [0, 0.05) is 5.69 Å². The summed E-state index contributed by atoms with van der Waals surface area (Å²) >= 11 is 13.9. The van der Waals surface area contributed by atoms with Crippen LogP contribution in [0.4, 0.5) is 16.2 Å². The SMILES string of the molecule is CCOc1cc(/C=C2/C(=O)NC(=O)N(c3ccc(C)c(C)c3)C2=O)cc(I)c1OCC(=O)Nc1ccc(Cl)c(Cl)c1. The number of carbonyl (C=O) groups excluding carboxylic acids is 4. The molecule has 0 radical (unpaired) electrons. The fourth-order valence-electron chi connectivity index (χ4n) is 3.91. The van der Waals surface area contributed by atoms with E-state index in [1.165, 1.54) is 12.1 Å². The van der Waals surface area contributed by atoms with Gasteiger partial charge in [-0.25, -0.2) is 9.69 Å². The third-order valence-electron chi connectivity index (χ3n) is 6.04. The highest BCUT2D eigenvalue weighted by atomic mass is 127. The molecule has 0 aromatic heterocycles. The largest absolute Gasteiger partial charge is 0.490 e. The fourth-order valence-corrected chi connectivity index (χ4v) is 4.99. The zero-order chi connectivity index (χ0) is 29.8. The maximum absolute atomic E-state index is 13.3. The van der Waals surface area contributed by atoms with Crippen LogP contribution in [-0.4, -0.2) is 37.0 Å². The second kappa shape index (κ2) is 12.9. The zero-order valence-electron chi connectivity index (χ0n) is 22.1. The molecule has 1 fully saturated rings. The van der Waals surface area contributed by atoms with Crippen molar-refractivity contribution in [2.75, 3.05) is 23.4 Å². The van der Waals surface area contributed by atoms with Gasteiger partial charge in [0.05, 0.1) is 25.9 Å². The number of hydrogen-bond acceptors (Lipinski definition) is 6. The van der Waals surface area contributed by atoms with Crippen molar-refractivity contribution in [1.29, 1.82) is 0 Å². The van der Waals surface area contributed by atoms with E-state index in [1.807, 2.05) is 36.4 Å². The Kier molecular flexibility index (Phi) is 9.57. The molecular formula is C29H24Cl2IN3O6. The van der Waals surface area contributed by atoms with Gasteiger partial charge in [0.15, 0.2) is 18.1 Å². The molecule has 212 valence electrons. The maximum Gasteiger partial charge on any atom is 0.335 e. The van der Waals surface area contributed by atoms with Gasteiger partial charge in [-0.15, -0.1) is 0 Å². The number of benzene rings is 3. The first-order chi connectivity index (χ1) is 19.5. The number of rotatable bonds is 8. The molecule has 0 atom stereocenters. The first-order valence-electron chi connectivity index (χ1n) is 12.3. The first kappa shape index (κ1) is 30.4. The minimum Gasteiger partial charge on any atom is -0.490 e. The average Bonchev–Trinajstić information content (AvgIpc) is 2.90. The minimum atomic E-state index is -0.826. The molecule has 0 aliphatic carbocycles. The van der Waals surface area contributed by atoms with Crippen LogP contribution >= 0.6 is 45.8 Å². The second-order valence-electron chi connectivity index (χ2n) is 8.96. The second-order valence-corrected chi connectivity index (χ2v) is 10.9. The molecule has 1 aliphatic rings. The number of hydrogen-bond donors (Lipinski definition) is 2. The molecule has 2 N–H and O–H groups in total. The highest BCUT2D eigenvalue weighted by Gasteiger charge is 2.37. The summed E-state index contributed by atoms with van der Waals surface area (Å²) in [7, 11) is 0. The molecular weight excluding hydrogens is 684 g/mol. The van der Waals surface area contributed by atoms with Gasteiger partial charge in [0.2, 0.25) is 0 Å². The van der Waals surface area contributed by atoms with E-state index in [9.17, 15) is 19.2 Å². The number of halogens is 3. The van der Waals surface area contributed by atoms with Crippen LogP contribution in [0, 0.1) is 17.4 Å². The summed E-state index contributed by atoms with van der Waals surface area (Å²) in [6.07, 6.45) is 1.38. The maximum atomic E-state index is 13.3. The normalized spacial score (nSPS) is 14.2. The Morgan fingerprint density at radius 2 is 1.76 bits per heavy atom. The van der Waals surface area contributed by atoms with Crippen LogP contribution in [0.15, 0.2) is 54.1 Å². The molecule has 4 rings (SSSR count). The number of amides is 5. The van der Waals surface area contributed by atoms with Crippen LogP contribution in [0.3, 0.4) is 0 Å². The van der Waals surface area contributed by atoms with Crippen molar-refractivity contribution >= 4 is 87.0 Å². The lowest BCUT2D eigenvalue weighted by molar-refractivity contribution is -0.122. The topological polar surface area (TPSA) is 114 Å². The van der Waals surface area contributed by atoms with Crippen molar-refractivity contribution in [3.8, 4) is 11.5 Å². The van der Waals surface area contributed by atoms with E-state index >= 15 is 0 Å². The molecule has 0 spiro atoms. The van der Waals surface area contributed by atoms with Crippen LogP contribution in [0.2, 0.25) is 10.0 Å². The van der Waals surface area contributed by atoms with Gasteiger partial charge in [-0.1, -0.05) is 29.3 Å². The van der Waals surface area contributed by atoms with Crippen molar-refractivity contribution in [3.63, 3.8) is 0 Å². The summed E-state index contributed by atoms with van der Waals surface area (Å²) < 4.78 is 12.1. The lowest BCUT2D eigenvalue weighted by Gasteiger charge is -2.27.